The third kappa shape index (κ3) is 2.16. The van der Waals surface area contributed by atoms with Gasteiger partial charge in [0, 0.05) is 5.41 Å². The molecule has 0 amide bonds. The molecular weight excluding hydrogens is 278 g/mol. The highest BCUT2D eigenvalue weighted by atomic mass is 35.5. The van der Waals surface area contributed by atoms with Crippen LogP contribution in [-0.4, -0.2) is 6.54 Å². The van der Waals surface area contributed by atoms with Gasteiger partial charge >= 0.3 is 0 Å². The van der Waals surface area contributed by atoms with Crippen molar-refractivity contribution in [3.63, 3.8) is 0 Å². The molecule has 0 radical (unpaired) electrons. The Morgan fingerprint density at radius 1 is 1.00 bits per heavy atom. The first-order valence-electron chi connectivity index (χ1n) is 8.50. The van der Waals surface area contributed by atoms with E-state index in [-0.39, 0.29) is 12.4 Å². The van der Waals surface area contributed by atoms with Gasteiger partial charge in [-0.3, -0.25) is 0 Å². The smallest absolute Gasteiger partial charge is 0.00244 e. The minimum absolute atomic E-state index is 0. The van der Waals surface area contributed by atoms with Crippen LogP contribution in [0.3, 0.4) is 0 Å². The summed E-state index contributed by atoms with van der Waals surface area (Å²) in [5, 5.41) is 0. The lowest BCUT2D eigenvalue weighted by Crippen LogP contribution is -2.56. The lowest BCUT2D eigenvalue weighted by Gasteiger charge is -2.62. The third-order valence-electron chi connectivity index (χ3n) is 6.80. The highest BCUT2D eigenvalue weighted by Crippen LogP contribution is 2.64. The van der Waals surface area contributed by atoms with E-state index in [1.54, 1.807) is 5.56 Å². The fraction of sp³-hybridized carbons (Fsp3) is 0.684. The first-order chi connectivity index (χ1) is 9.74. The van der Waals surface area contributed by atoms with E-state index >= 15 is 0 Å². The van der Waals surface area contributed by atoms with E-state index in [1.807, 2.05) is 0 Å². The molecule has 0 unspecified atom stereocenters. The van der Waals surface area contributed by atoms with Gasteiger partial charge in [0.05, 0.1) is 0 Å². The van der Waals surface area contributed by atoms with E-state index < -0.39 is 0 Å². The van der Waals surface area contributed by atoms with Gasteiger partial charge in [-0.25, -0.2) is 0 Å². The van der Waals surface area contributed by atoms with Crippen molar-refractivity contribution in [3.05, 3.63) is 35.4 Å². The maximum atomic E-state index is 6.08. The molecule has 1 aromatic carbocycles. The summed E-state index contributed by atoms with van der Waals surface area (Å²) in [5.74, 6) is 3.88. The van der Waals surface area contributed by atoms with E-state index in [4.69, 9.17) is 5.73 Å². The molecule has 2 N–H and O–H groups in total. The Balaban J connectivity index is 0.00000132. The standard InChI is InChI=1S/C19H27N.ClH/c1-13-4-2-3-5-18(13)19(6-7-20)16-9-14-8-15(11-16)12-17(19)10-14;/h2-5,14-17H,6-12,20H2,1H3;1H. The summed E-state index contributed by atoms with van der Waals surface area (Å²) in [5.41, 5.74) is 9.62. The van der Waals surface area contributed by atoms with E-state index in [2.05, 4.69) is 31.2 Å². The zero-order valence-electron chi connectivity index (χ0n) is 13.1. The second-order valence-electron chi connectivity index (χ2n) is 7.70. The molecule has 0 heterocycles. The van der Waals surface area contributed by atoms with Crippen molar-refractivity contribution in [2.24, 2.45) is 29.4 Å². The zero-order valence-corrected chi connectivity index (χ0v) is 13.9. The first-order valence-corrected chi connectivity index (χ1v) is 8.50. The maximum Gasteiger partial charge on any atom is 0.00244 e. The SMILES string of the molecule is Cc1ccccc1C1(CCN)C2CC3CC(C2)CC1C3.Cl. The van der Waals surface area contributed by atoms with Crippen LogP contribution in [0, 0.1) is 30.6 Å². The molecule has 4 aliphatic carbocycles. The van der Waals surface area contributed by atoms with Crippen LogP contribution in [0.5, 0.6) is 0 Å². The predicted molar refractivity (Wildman–Crippen MR) is 90.8 cm³/mol. The molecule has 0 atom stereocenters. The number of aryl methyl sites for hydroxylation is 1. The maximum absolute atomic E-state index is 6.08. The van der Waals surface area contributed by atoms with E-state index in [0.29, 0.717) is 5.41 Å². The topological polar surface area (TPSA) is 26.0 Å². The molecule has 4 fully saturated rings. The number of hydrogen-bond acceptors (Lipinski definition) is 1. The Hall–Kier alpha value is -0.530. The zero-order chi connectivity index (χ0) is 13.7. The van der Waals surface area contributed by atoms with E-state index in [0.717, 1.165) is 30.2 Å². The third-order valence-corrected chi connectivity index (χ3v) is 6.80. The Bertz CT molecular complexity index is 482. The van der Waals surface area contributed by atoms with Gasteiger partial charge in [-0.1, -0.05) is 24.3 Å². The quantitative estimate of drug-likeness (QED) is 0.876. The molecule has 0 aliphatic heterocycles. The minimum Gasteiger partial charge on any atom is -0.330 e. The molecule has 4 saturated carbocycles. The van der Waals surface area contributed by atoms with Crippen LogP contribution < -0.4 is 5.73 Å². The van der Waals surface area contributed by atoms with Crippen LogP contribution in [-0.2, 0) is 5.41 Å². The van der Waals surface area contributed by atoms with Crippen LogP contribution in [0.4, 0.5) is 0 Å². The molecule has 116 valence electrons. The Morgan fingerprint density at radius 2 is 1.57 bits per heavy atom. The van der Waals surface area contributed by atoms with Gasteiger partial charge in [0.1, 0.15) is 0 Å². The van der Waals surface area contributed by atoms with Gasteiger partial charge in [0.2, 0.25) is 0 Å². The summed E-state index contributed by atoms with van der Waals surface area (Å²) >= 11 is 0. The van der Waals surface area contributed by atoms with Gasteiger partial charge in [-0.15, -0.1) is 12.4 Å². The molecule has 1 nitrogen and oxygen atoms in total. The molecule has 0 aromatic heterocycles. The predicted octanol–water partition coefficient (Wildman–Crippen LogP) is 4.46. The molecule has 5 rings (SSSR count). The Morgan fingerprint density at radius 3 is 2.10 bits per heavy atom. The van der Waals surface area contributed by atoms with Crippen molar-refractivity contribution in [2.45, 2.75) is 50.9 Å². The van der Waals surface area contributed by atoms with Crippen molar-refractivity contribution in [2.75, 3.05) is 6.54 Å². The fourth-order valence-corrected chi connectivity index (χ4v) is 6.34. The molecule has 2 heteroatoms. The highest BCUT2D eigenvalue weighted by Gasteiger charge is 2.57. The number of halogens is 1. The fourth-order valence-electron chi connectivity index (χ4n) is 6.34. The van der Waals surface area contributed by atoms with Crippen LogP contribution >= 0.6 is 12.4 Å². The Kier molecular flexibility index (Phi) is 4.09. The van der Waals surface area contributed by atoms with Crippen molar-refractivity contribution in [1.29, 1.82) is 0 Å². The van der Waals surface area contributed by atoms with Crippen molar-refractivity contribution in [1.82, 2.24) is 0 Å². The first kappa shape index (κ1) is 15.4. The van der Waals surface area contributed by atoms with Crippen LogP contribution in [0.25, 0.3) is 0 Å². The van der Waals surface area contributed by atoms with Crippen LogP contribution in [0.15, 0.2) is 24.3 Å². The average molecular weight is 306 g/mol. The summed E-state index contributed by atoms with van der Waals surface area (Å²) in [6.45, 7) is 3.15. The average Bonchev–Trinajstić information content (AvgIpc) is 2.43. The monoisotopic (exact) mass is 305 g/mol. The normalized spacial score (nSPS) is 40.1. The molecule has 0 saturated heterocycles. The van der Waals surface area contributed by atoms with Gasteiger partial charge in [-0.2, -0.15) is 0 Å². The second kappa shape index (κ2) is 5.59. The van der Waals surface area contributed by atoms with Gasteiger partial charge in [0.15, 0.2) is 0 Å². The summed E-state index contributed by atoms with van der Waals surface area (Å²) in [4.78, 5) is 0. The Labute approximate surface area is 135 Å². The number of hydrogen-bond donors (Lipinski definition) is 1. The van der Waals surface area contributed by atoms with Crippen molar-refractivity contribution < 1.29 is 0 Å². The summed E-state index contributed by atoms with van der Waals surface area (Å²) in [6.07, 6.45) is 8.62. The number of rotatable bonds is 3. The van der Waals surface area contributed by atoms with E-state index in [1.165, 1.54) is 44.1 Å². The van der Waals surface area contributed by atoms with E-state index in [9.17, 15) is 0 Å². The molecule has 0 spiro atoms. The van der Waals surface area contributed by atoms with Gasteiger partial charge in [-0.05, 0) is 86.8 Å². The molecule has 4 aliphatic rings. The highest BCUT2D eigenvalue weighted by molar-refractivity contribution is 5.85. The summed E-state index contributed by atoms with van der Waals surface area (Å²) in [6, 6.07) is 9.14. The molecule has 1 aromatic rings. The lowest BCUT2D eigenvalue weighted by atomic mass is 9.42. The van der Waals surface area contributed by atoms with Crippen LogP contribution in [0.2, 0.25) is 0 Å². The molecule has 21 heavy (non-hydrogen) atoms. The largest absolute Gasteiger partial charge is 0.330 e. The number of benzene rings is 1. The van der Waals surface area contributed by atoms with Crippen molar-refractivity contribution >= 4 is 12.4 Å². The lowest BCUT2D eigenvalue weighted by molar-refractivity contribution is -0.0641. The van der Waals surface area contributed by atoms with Crippen molar-refractivity contribution in [3.8, 4) is 0 Å². The van der Waals surface area contributed by atoms with Gasteiger partial charge in [0.25, 0.3) is 0 Å². The molecular formula is C19H28ClN. The van der Waals surface area contributed by atoms with Gasteiger partial charge < -0.3 is 5.73 Å². The minimum atomic E-state index is 0. The second-order valence-corrected chi connectivity index (χ2v) is 7.70. The summed E-state index contributed by atoms with van der Waals surface area (Å²) in [7, 11) is 0. The van der Waals surface area contributed by atoms with Crippen LogP contribution in [0.1, 0.15) is 49.7 Å². The summed E-state index contributed by atoms with van der Waals surface area (Å²) < 4.78 is 0. The number of nitrogens with two attached hydrogens (primary N) is 1. The molecule has 4 bridgehead atoms.